The minimum absolute atomic E-state index is 0.561. The standard InChI is InChI=1S/C9H19NO2/c1-3-10-6-4-8(11)9(2,12)5-7-10/h8,11-12H,3-7H2,1-2H3/t8-,9+/m0/s1. The topological polar surface area (TPSA) is 43.7 Å². The first-order valence-electron chi connectivity index (χ1n) is 4.69. The summed E-state index contributed by atoms with van der Waals surface area (Å²) in [5, 5.41) is 19.3. The Morgan fingerprint density at radius 3 is 2.75 bits per heavy atom. The van der Waals surface area contributed by atoms with Gasteiger partial charge in [-0.2, -0.15) is 0 Å². The molecule has 0 aromatic carbocycles. The largest absolute Gasteiger partial charge is 0.390 e. The van der Waals surface area contributed by atoms with Crippen LogP contribution in [0.15, 0.2) is 0 Å². The fourth-order valence-corrected chi connectivity index (χ4v) is 1.59. The summed E-state index contributed by atoms with van der Waals surface area (Å²) >= 11 is 0. The minimum atomic E-state index is -0.885. The lowest BCUT2D eigenvalue weighted by molar-refractivity contribution is -0.0623. The lowest BCUT2D eigenvalue weighted by atomic mass is 9.94. The summed E-state index contributed by atoms with van der Waals surface area (Å²) in [6, 6.07) is 0. The maximum Gasteiger partial charge on any atom is 0.0890 e. The molecule has 2 atom stereocenters. The molecule has 12 heavy (non-hydrogen) atoms. The van der Waals surface area contributed by atoms with Crippen molar-refractivity contribution in [1.29, 1.82) is 0 Å². The van der Waals surface area contributed by atoms with Crippen LogP contribution < -0.4 is 0 Å². The Morgan fingerprint density at radius 2 is 2.17 bits per heavy atom. The molecule has 0 unspecified atom stereocenters. The van der Waals surface area contributed by atoms with E-state index in [-0.39, 0.29) is 0 Å². The molecule has 0 amide bonds. The van der Waals surface area contributed by atoms with Gasteiger partial charge in [0.15, 0.2) is 0 Å². The average molecular weight is 173 g/mol. The SMILES string of the molecule is CCN1CC[C@H](O)[C@](C)(O)CC1. The van der Waals surface area contributed by atoms with E-state index >= 15 is 0 Å². The maximum absolute atomic E-state index is 9.76. The monoisotopic (exact) mass is 173 g/mol. The van der Waals surface area contributed by atoms with E-state index in [9.17, 15) is 10.2 Å². The van der Waals surface area contributed by atoms with Crippen LogP contribution in [-0.4, -0.2) is 46.5 Å². The van der Waals surface area contributed by atoms with Crippen LogP contribution in [0.1, 0.15) is 26.7 Å². The molecule has 0 aliphatic carbocycles. The van der Waals surface area contributed by atoms with E-state index in [1.807, 2.05) is 0 Å². The van der Waals surface area contributed by atoms with Crippen LogP contribution in [0.4, 0.5) is 0 Å². The molecule has 1 heterocycles. The maximum atomic E-state index is 9.76. The summed E-state index contributed by atoms with van der Waals surface area (Å²) < 4.78 is 0. The van der Waals surface area contributed by atoms with Crippen LogP contribution in [0.25, 0.3) is 0 Å². The minimum Gasteiger partial charge on any atom is -0.390 e. The van der Waals surface area contributed by atoms with Gasteiger partial charge >= 0.3 is 0 Å². The summed E-state index contributed by atoms with van der Waals surface area (Å²) in [5.41, 5.74) is -0.885. The zero-order valence-corrected chi connectivity index (χ0v) is 7.95. The van der Waals surface area contributed by atoms with E-state index in [4.69, 9.17) is 0 Å². The summed E-state index contributed by atoms with van der Waals surface area (Å²) in [5.74, 6) is 0. The summed E-state index contributed by atoms with van der Waals surface area (Å²) in [4.78, 5) is 2.25. The molecular weight excluding hydrogens is 154 g/mol. The smallest absolute Gasteiger partial charge is 0.0890 e. The first kappa shape index (κ1) is 9.96. The summed E-state index contributed by atoms with van der Waals surface area (Å²) in [6.45, 7) is 6.61. The number of aliphatic hydroxyl groups is 2. The molecule has 0 saturated carbocycles. The number of hydrogen-bond acceptors (Lipinski definition) is 3. The molecule has 0 aromatic heterocycles. The Labute approximate surface area is 74.0 Å². The van der Waals surface area contributed by atoms with E-state index in [0.717, 1.165) is 19.6 Å². The van der Waals surface area contributed by atoms with Crippen molar-refractivity contribution in [1.82, 2.24) is 4.90 Å². The van der Waals surface area contributed by atoms with Crippen molar-refractivity contribution in [2.24, 2.45) is 0 Å². The third-order valence-corrected chi connectivity index (χ3v) is 2.82. The van der Waals surface area contributed by atoms with Crippen LogP contribution in [0, 0.1) is 0 Å². The summed E-state index contributed by atoms with van der Waals surface area (Å²) in [6.07, 6.45) is 0.789. The Morgan fingerprint density at radius 1 is 1.50 bits per heavy atom. The van der Waals surface area contributed by atoms with Crippen molar-refractivity contribution in [2.75, 3.05) is 19.6 Å². The van der Waals surface area contributed by atoms with E-state index in [1.165, 1.54) is 0 Å². The number of hydrogen-bond donors (Lipinski definition) is 2. The number of aliphatic hydroxyl groups excluding tert-OH is 1. The molecule has 1 aliphatic heterocycles. The average Bonchev–Trinajstić information content (AvgIpc) is 2.14. The molecule has 0 radical (unpaired) electrons. The van der Waals surface area contributed by atoms with Crippen molar-refractivity contribution < 1.29 is 10.2 Å². The van der Waals surface area contributed by atoms with Gasteiger partial charge < -0.3 is 15.1 Å². The van der Waals surface area contributed by atoms with E-state index in [1.54, 1.807) is 6.92 Å². The second-order valence-electron chi connectivity index (χ2n) is 3.85. The quantitative estimate of drug-likeness (QED) is 0.596. The van der Waals surface area contributed by atoms with E-state index in [0.29, 0.717) is 12.8 Å². The first-order chi connectivity index (χ1) is 5.56. The van der Waals surface area contributed by atoms with E-state index in [2.05, 4.69) is 11.8 Å². The lowest BCUT2D eigenvalue weighted by Crippen LogP contribution is -2.38. The van der Waals surface area contributed by atoms with Crippen molar-refractivity contribution in [3.05, 3.63) is 0 Å². The van der Waals surface area contributed by atoms with Crippen LogP contribution in [0.5, 0.6) is 0 Å². The van der Waals surface area contributed by atoms with Gasteiger partial charge in [0.1, 0.15) is 0 Å². The fraction of sp³-hybridized carbons (Fsp3) is 1.00. The van der Waals surface area contributed by atoms with Gasteiger partial charge in [-0.3, -0.25) is 0 Å². The number of nitrogens with zero attached hydrogens (tertiary/aromatic N) is 1. The molecule has 1 saturated heterocycles. The normalized spacial score (nSPS) is 39.5. The van der Waals surface area contributed by atoms with Gasteiger partial charge in [-0.05, 0) is 26.3 Å². The van der Waals surface area contributed by atoms with Gasteiger partial charge in [-0.25, -0.2) is 0 Å². The molecule has 0 bridgehead atoms. The van der Waals surface area contributed by atoms with Gasteiger partial charge in [0, 0.05) is 13.1 Å². The van der Waals surface area contributed by atoms with Gasteiger partial charge in [0.05, 0.1) is 11.7 Å². The molecule has 0 spiro atoms. The molecular formula is C9H19NO2. The Bertz CT molecular complexity index is 147. The third-order valence-electron chi connectivity index (χ3n) is 2.82. The van der Waals surface area contributed by atoms with Crippen LogP contribution in [0.3, 0.4) is 0 Å². The molecule has 0 aromatic rings. The Hall–Kier alpha value is -0.120. The Balaban J connectivity index is 2.53. The highest BCUT2D eigenvalue weighted by Gasteiger charge is 2.32. The predicted octanol–water partition coefficient (Wildman–Crippen LogP) is 0.214. The highest BCUT2D eigenvalue weighted by Crippen LogP contribution is 2.21. The van der Waals surface area contributed by atoms with Crippen molar-refractivity contribution in [2.45, 2.75) is 38.4 Å². The third kappa shape index (κ3) is 2.19. The molecule has 1 aliphatic rings. The summed E-state index contributed by atoms with van der Waals surface area (Å²) in [7, 11) is 0. The van der Waals surface area contributed by atoms with Gasteiger partial charge in [0.25, 0.3) is 0 Å². The van der Waals surface area contributed by atoms with Gasteiger partial charge in [-0.1, -0.05) is 6.92 Å². The van der Waals surface area contributed by atoms with Crippen LogP contribution in [0.2, 0.25) is 0 Å². The highest BCUT2D eigenvalue weighted by molar-refractivity contribution is 4.86. The van der Waals surface area contributed by atoms with Crippen molar-refractivity contribution >= 4 is 0 Å². The molecule has 1 fully saturated rings. The Kier molecular flexibility index (Phi) is 3.09. The fourth-order valence-electron chi connectivity index (χ4n) is 1.59. The predicted molar refractivity (Wildman–Crippen MR) is 48.0 cm³/mol. The number of likely N-dealkylation sites (tertiary alicyclic amines) is 1. The highest BCUT2D eigenvalue weighted by atomic mass is 16.3. The second kappa shape index (κ2) is 3.73. The lowest BCUT2D eigenvalue weighted by Gasteiger charge is -2.26. The molecule has 72 valence electrons. The molecule has 3 nitrogen and oxygen atoms in total. The van der Waals surface area contributed by atoms with Crippen LogP contribution in [-0.2, 0) is 0 Å². The zero-order chi connectivity index (χ0) is 9.19. The van der Waals surface area contributed by atoms with Crippen LogP contribution >= 0.6 is 0 Å². The van der Waals surface area contributed by atoms with Gasteiger partial charge in [-0.15, -0.1) is 0 Å². The van der Waals surface area contributed by atoms with Gasteiger partial charge in [0.2, 0.25) is 0 Å². The number of rotatable bonds is 1. The first-order valence-corrected chi connectivity index (χ1v) is 4.69. The second-order valence-corrected chi connectivity index (χ2v) is 3.85. The molecule has 3 heteroatoms. The van der Waals surface area contributed by atoms with Crippen molar-refractivity contribution in [3.8, 4) is 0 Å². The zero-order valence-electron chi connectivity index (χ0n) is 7.95. The van der Waals surface area contributed by atoms with Crippen molar-refractivity contribution in [3.63, 3.8) is 0 Å². The molecule has 1 rings (SSSR count). The van der Waals surface area contributed by atoms with E-state index < -0.39 is 11.7 Å². The molecule has 2 N–H and O–H groups in total.